The Kier molecular flexibility index (Phi) is 8.75. The Balaban J connectivity index is 2.46. The predicted octanol–water partition coefficient (Wildman–Crippen LogP) is 2.72. The molecular formula is C20H20N2O5. The predicted molar refractivity (Wildman–Crippen MR) is 99.9 cm³/mol. The highest BCUT2D eigenvalue weighted by atomic mass is 16.5. The number of esters is 1. The molecule has 0 bridgehead atoms. The number of hydrogen-bond donors (Lipinski definition) is 1. The molecular weight excluding hydrogens is 348 g/mol. The number of nitrogens with one attached hydrogen (secondary N) is 1. The first-order valence-electron chi connectivity index (χ1n) is 7.93. The van der Waals surface area contributed by atoms with Crippen molar-refractivity contribution in [3.05, 3.63) is 60.7 Å². The number of carbonyl (C=O) groups excluding carboxylic acids is 3. The molecule has 7 nitrogen and oxygen atoms in total. The minimum atomic E-state index is -0.717. The van der Waals surface area contributed by atoms with Crippen molar-refractivity contribution in [2.75, 3.05) is 18.5 Å². The number of rotatable bonds is 10. The number of allylic oxidation sites excluding steroid dienone is 2. The summed E-state index contributed by atoms with van der Waals surface area (Å²) in [5.74, 6) is -1.02. The summed E-state index contributed by atoms with van der Waals surface area (Å²) in [5.41, 5.74) is 1.23. The number of nitriles is 1. The lowest BCUT2D eigenvalue weighted by atomic mass is 10.2. The number of benzene rings is 1. The van der Waals surface area contributed by atoms with Crippen molar-refractivity contribution in [1.82, 2.24) is 0 Å². The quantitative estimate of drug-likeness (QED) is 0.295. The van der Waals surface area contributed by atoms with Gasteiger partial charge in [-0.3, -0.25) is 14.4 Å². The van der Waals surface area contributed by atoms with E-state index in [0.717, 1.165) is 0 Å². The summed E-state index contributed by atoms with van der Waals surface area (Å²) in [6.07, 6.45) is 2.42. The highest BCUT2D eigenvalue weighted by Crippen LogP contribution is 2.17. The van der Waals surface area contributed by atoms with Gasteiger partial charge in [0.05, 0.1) is 6.07 Å². The summed E-state index contributed by atoms with van der Waals surface area (Å²) in [6.45, 7) is 8.00. The van der Waals surface area contributed by atoms with Crippen LogP contribution in [0.25, 0.3) is 0 Å². The molecule has 0 aliphatic rings. The molecule has 1 N–H and O–H groups in total. The van der Waals surface area contributed by atoms with E-state index in [-0.39, 0.29) is 24.7 Å². The second-order valence-corrected chi connectivity index (χ2v) is 5.43. The average molecular weight is 368 g/mol. The van der Waals surface area contributed by atoms with Crippen LogP contribution in [0, 0.1) is 11.3 Å². The zero-order chi connectivity index (χ0) is 20.2. The maximum atomic E-state index is 11.8. The molecule has 0 saturated carbocycles. The Labute approximate surface area is 157 Å². The monoisotopic (exact) mass is 368 g/mol. The summed E-state index contributed by atoms with van der Waals surface area (Å²) in [5, 5.41) is 11.3. The van der Waals surface area contributed by atoms with Gasteiger partial charge in [0.1, 0.15) is 25.4 Å². The molecule has 0 radical (unpaired) electrons. The summed E-state index contributed by atoms with van der Waals surface area (Å²) in [4.78, 5) is 34.6. The first kappa shape index (κ1) is 21.4. The van der Waals surface area contributed by atoms with E-state index < -0.39 is 18.2 Å². The van der Waals surface area contributed by atoms with E-state index in [1.54, 1.807) is 24.3 Å². The zero-order valence-electron chi connectivity index (χ0n) is 15.0. The van der Waals surface area contributed by atoms with Crippen molar-refractivity contribution in [1.29, 1.82) is 5.26 Å². The van der Waals surface area contributed by atoms with Crippen LogP contribution in [0.3, 0.4) is 0 Å². The molecule has 0 aliphatic heterocycles. The van der Waals surface area contributed by atoms with Gasteiger partial charge in [0.25, 0.3) is 0 Å². The number of amides is 1. The van der Waals surface area contributed by atoms with E-state index in [0.29, 0.717) is 17.0 Å². The van der Waals surface area contributed by atoms with Crippen LogP contribution in [-0.4, -0.2) is 30.9 Å². The van der Waals surface area contributed by atoms with E-state index in [2.05, 4.69) is 18.5 Å². The second-order valence-electron chi connectivity index (χ2n) is 5.43. The van der Waals surface area contributed by atoms with Crippen LogP contribution >= 0.6 is 0 Å². The van der Waals surface area contributed by atoms with Gasteiger partial charge in [0.2, 0.25) is 5.91 Å². The SMILES string of the molecule is C=C/C(=C\C(=C)C#N)COC(=O)CC(=O)COc1cccc(NC(C)=O)c1. The maximum absolute atomic E-state index is 11.8. The fraction of sp³-hybridized carbons (Fsp3) is 0.200. The minimum Gasteiger partial charge on any atom is -0.486 e. The molecule has 0 atom stereocenters. The Morgan fingerprint density at radius 2 is 2.04 bits per heavy atom. The van der Waals surface area contributed by atoms with Gasteiger partial charge in [-0.05, 0) is 23.8 Å². The highest BCUT2D eigenvalue weighted by molar-refractivity contribution is 5.96. The Morgan fingerprint density at radius 3 is 2.67 bits per heavy atom. The minimum absolute atomic E-state index is 0.115. The lowest BCUT2D eigenvalue weighted by Crippen LogP contribution is -2.18. The van der Waals surface area contributed by atoms with E-state index in [1.807, 2.05) is 6.07 Å². The fourth-order valence-electron chi connectivity index (χ4n) is 1.87. The van der Waals surface area contributed by atoms with Crippen molar-refractivity contribution < 1.29 is 23.9 Å². The molecule has 0 heterocycles. The normalized spacial score (nSPS) is 10.3. The topological polar surface area (TPSA) is 105 Å². The molecule has 0 aliphatic carbocycles. The van der Waals surface area contributed by atoms with Gasteiger partial charge in [-0.15, -0.1) is 0 Å². The number of hydrogen-bond acceptors (Lipinski definition) is 6. The molecule has 1 rings (SSSR count). The van der Waals surface area contributed by atoms with Crippen molar-refractivity contribution in [2.24, 2.45) is 0 Å². The fourth-order valence-corrected chi connectivity index (χ4v) is 1.87. The van der Waals surface area contributed by atoms with Gasteiger partial charge in [-0.2, -0.15) is 5.26 Å². The van der Waals surface area contributed by atoms with Crippen LogP contribution in [0.2, 0.25) is 0 Å². The summed E-state index contributed by atoms with van der Waals surface area (Å²) in [7, 11) is 0. The van der Waals surface area contributed by atoms with Crippen LogP contribution < -0.4 is 10.1 Å². The van der Waals surface area contributed by atoms with Crippen molar-refractivity contribution in [3.8, 4) is 11.8 Å². The Morgan fingerprint density at radius 1 is 1.30 bits per heavy atom. The first-order valence-corrected chi connectivity index (χ1v) is 7.93. The van der Waals surface area contributed by atoms with Crippen LogP contribution in [0.5, 0.6) is 5.75 Å². The highest BCUT2D eigenvalue weighted by Gasteiger charge is 2.12. The Hall–Kier alpha value is -3.66. The summed E-state index contributed by atoms with van der Waals surface area (Å²) >= 11 is 0. The van der Waals surface area contributed by atoms with Crippen LogP contribution in [0.15, 0.2) is 60.7 Å². The third kappa shape index (κ3) is 8.84. The van der Waals surface area contributed by atoms with Crippen LogP contribution in [-0.2, 0) is 19.1 Å². The molecule has 0 saturated heterocycles. The third-order valence-corrected chi connectivity index (χ3v) is 3.06. The van der Waals surface area contributed by atoms with Gasteiger partial charge >= 0.3 is 5.97 Å². The maximum Gasteiger partial charge on any atom is 0.313 e. The van der Waals surface area contributed by atoms with Crippen LogP contribution in [0.1, 0.15) is 13.3 Å². The van der Waals surface area contributed by atoms with Gasteiger partial charge < -0.3 is 14.8 Å². The van der Waals surface area contributed by atoms with Crippen molar-refractivity contribution >= 4 is 23.3 Å². The second kappa shape index (κ2) is 11.1. The molecule has 0 spiro atoms. The number of carbonyl (C=O) groups is 3. The van der Waals surface area contributed by atoms with Gasteiger partial charge in [-0.25, -0.2) is 0 Å². The molecule has 27 heavy (non-hydrogen) atoms. The lowest BCUT2D eigenvalue weighted by molar-refractivity contribution is -0.145. The Bertz CT molecular complexity index is 818. The zero-order valence-corrected chi connectivity index (χ0v) is 15.0. The van der Waals surface area contributed by atoms with Crippen molar-refractivity contribution in [3.63, 3.8) is 0 Å². The molecule has 1 aromatic rings. The number of anilines is 1. The molecule has 7 heteroatoms. The molecule has 1 amide bonds. The molecule has 1 aromatic carbocycles. The number of ketones is 1. The van der Waals surface area contributed by atoms with Crippen LogP contribution in [0.4, 0.5) is 5.69 Å². The van der Waals surface area contributed by atoms with Gasteiger partial charge in [0.15, 0.2) is 5.78 Å². The van der Waals surface area contributed by atoms with Crippen molar-refractivity contribution in [2.45, 2.75) is 13.3 Å². The van der Waals surface area contributed by atoms with E-state index in [1.165, 1.54) is 19.1 Å². The molecule has 0 aromatic heterocycles. The number of ether oxygens (including phenoxy) is 2. The molecule has 0 unspecified atom stereocenters. The first-order chi connectivity index (χ1) is 12.8. The molecule has 140 valence electrons. The van der Waals surface area contributed by atoms with Gasteiger partial charge in [-0.1, -0.05) is 25.3 Å². The van der Waals surface area contributed by atoms with E-state index in [4.69, 9.17) is 14.7 Å². The third-order valence-electron chi connectivity index (χ3n) is 3.06. The van der Waals surface area contributed by atoms with Gasteiger partial charge in [0, 0.05) is 24.3 Å². The summed E-state index contributed by atoms with van der Waals surface area (Å²) in [6, 6.07) is 8.38. The number of Topliss-reactive ketones (excluding diaryl/α,β-unsaturated/α-hetero) is 1. The van der Waals surface area contributed by atoms with E-state index >= 15 is 0 Å². The number of nitrogens with zero attached hydrogens (tertiary/aromatic N) is 1. The lowest BCUT2D eigenvalue weighted by Gasteiger charge is -2.08. The smallest absolute Gasteiger partial charge is 0.313 e. The largest absolute Gasteiger partial charge is 0.486 e. The average Bonchev–Trinajstić information content (AvgIpc) is 2.63. The standard InChI is InChI=1S/C20H20N2O5/c1-4-16(8-14(2)11-21)12-27-20(25)10-18(24)13-26-19-7-5-6-17(9-19)22-15(3)23/h4-9H,1-2,10,12-13H2,3H3,(H,22,23)/b16-8+. The molecule has 0 fully saturated rings. The van der Waals surface area contributed by atoms with E-state index in [9.17, 15) is 14.4 Å². The summed E-state index contributed by atoms with van der Waals surface area (Å²) < 4.78 is 10.3.